The Labute approximate surface area is 299 Å². The summed E-state index contributed by atoms with van der Waals surface area (Å²) in [6, 6.07) is 9.37. The summed E-state index contributed by atoms with van der Waals surface area (Å²) in [5.74, 6) is -1.06. The van der Waals surface area contributed by atoms with Crippen LogP contribution in [0.4, 0.5) is 0 Å². The first kappa shape index (κ1) is 36.0. The molecule has 0 spiro atoms. The van der Waals surface area contributed by atoms with Gasteiger partial charge in [-0.25, -0.2) is 15.4 Å². The number of nitrogens with one attached hydrogen (secondary N) is 3. The lowest BCUT2D eigenvalue weighted by Gasteiger charge is -2.36. The van der Waals surface area contributed by atoms with E-state index in [4.69, 9.17) is 4.74 Å². The smallest absolute Gasteiger partial charge is 0.324 e. The SMILES string of the molecule is CCn1c(-c2cncnc2)c2c3cc(ccc31)-c1cc(O)cc(c1)C[C@H](NC(=O)[C@@H](NC)C(C)C)C(=O)N1CCC[C@H](N1)C(=O)OCC(C)(C)C2. The summed E-state index contributed by atoms with van der Waals surface area (Å²) in [6.07, 6.45) is 6.98. The zero-order chi connectivity index (χ0) is 36.4. The van der Waals surface area contributed by atoms with Crippen molar-refractivity contribution in [2.24, 2.45) is 11.3 Å². The molecule has 4 aromatic rings. The topological polar surface area (TPSA) is 151 Å². The van der Waals surface area contributed by atoms with E-state index in [2.05, 4.69) is 63.5 Å². The molecule has 2 aromatic carbocycles. The van der Waals surface area contributed by atoms with Gasteiger partial charge in [-0.05, 0) is 85.7 Å². The van der Waals surface area contributed by atoms with E-state index in [-0.39, 0.29) is 36.5 Å². The lowest BCUT2D eigenvalue weighted by molar-refractivity contribution is -0.155. The number of esters is 1. The number of cyclic esters (lactones) is 1. The molecule has 2 aromatic heterocycles. The number of amides is 2. The number of hydrogen-bond donors (Lipinski definition) is 4. The number of rotatable bonds is 6. The van der Waals surface area contributed by atoms with Crippen LogP contribution in [0.25, 0.3) is 33.3 Å². The Balaban J connectivity index is 1.51. The second-order valence-electron chi connectivity index (χ2n) is 14.9. The molecule has 12 heteroatoms. The highest BCUT2D eigenvalue weighted by molar-refractivity contribution is 5.95. The third-order valence-corrected chi connectivity index (χ3v) is 9.94. The van der Waals surface area contributed by atoms with Crippen molar-refractivity contribution in [2.75, 3.05) is 20.2 Å². The predicted octanol–water partition coefficient (Wildman–Crippen LogP) is 4.38. The number of carbonyl (C=O) groups excluding carboxylic acids is 3. The zero-order valence-electron chi connectivity index (χ0n) is 30.3. The van der Waals surface area contributed by atoms with Gasteiger partial charge in [-0.15, -0.1) is 0 Å². The fraction of sp³-hybridized carbons (Fsp3) is 0.462. The molecule has 2 aliphatic heterocycles. The van der Waals surface area contributed by atoms with E-state index < -0.39 is 29.5 Å². The fourth-order valence-corrected chi connectivity index (χ4v) is 7.49. The van der Waals surface area contributed by atoms with Crippen LogP contribution in [0.2, 0.25) is 0 Å². The highest BCUT2D eigenvalue weighted by Gasteiger charge is 2.36. The quantitative estimate of drug-likeness (QED) is 0.216. The number of benzene rings is 2. The third kappa shape index (κ3) is 7.62. The third-order valence-electron chi connectivity index (χ3n) is 9.94. The molecule has 0 aliphatic carbocycles. The van der Waals surface area contributed by atoms with Crippen LogP contribution < -0.4 is 16.1 Å². The Bertz CT molecular complexity index is 1920. The van der Waals surface area contributed by atoms with Crippen LogP contribution in [0.15, 0.2) is 55.1 Å². The van der Waals surface area contributed by atoms with Crippen molar-refractivity contribution in [1.82, 2.24) is 35.6 Å². The normalized spacial score (nSPS) is 20.2. The van der Waals surface area contributed by atoms with Gasteiger partial charge in [0.25, 0.3) is 5.91 Å². The summed E-state index contributed by atoms with van der Waals surface area (Å²) < 4.78 is 8.25. The molecule has 51 heavy (non-hydrogen) atoms. The van der Waals surface area contributed by atoms with Gasteiger partial charge in [-0.1, -0.05) is 39.8 Å². The molecular formula is C39H49N7O5. The molecule has 1 fully saturated rings. The summed E-state index contributed by atoms with van der Waals surface area (Å²) in [7, 11) is 1.72. The van der Waals surface area contributed by atoms with Gasteiger partial charge < -0.3 is 25.0 Å². The number of phenols is 1. The molecule has 1 saturated heterocycles. The predicted molar refractivity (Wildman–Crippen MR) is 195 cm³/mol. The molecule has 4 N–H and O–H groups in total. The van der Waals surface area contributed by atoms with Gasteiger partial charge in [0.2, 0.25) is 5.91 Å². The minimum absolute atomic E-state index is 0.0227. The van der Waals surface area contributed by atoms with Gasteiger partial charge in [0.05, 0.1) is 18.3 Å². The second-order valence-corrected chi connectivity index (χ2v) is 14.9. The van der Waals surface area contributed by atoms with E-state index >= 15 is 0 Å². The van der Waals surface area contributed by atoms with Crippen molar-refractivity contribution < 1.29 is 24.2 Å². The summed E-state index contributed by atoms with van der Waals surface area (Å²) >= 11 is 0. The number of fused-ring (bicyclic) bond motifs is 6. The first-order valence-corrected chi connectivity index (χ1v) is 17.8. The Hall–Kier alpha value is -4.81. The Morgan fingerprint density at radius 2 is 1.86 bits per heavy atom. The molecule has 0 unspecified atom stereocenters. The van der Waals surface area contributed by atoms with Crippen LogP contribution >= 0.6 is 0 Å². The number of aromatic hydroxyl groups is 1. The molecule has 3 atom stereocenters. The number of phenolic OH excluding ortho intramolecular Hbond substituents is 1. The molecule has 2 aliphatic rings. The summed E-state index contributed by atoms with van der Waals surface area (Å²) in [5, 5.41) is 19.5. The number of likely N-dealkylation sites (N-methyl/N-ethyl adjacent to an activating group) is 1. The van der Waals surface area contributed by atoms with E-state index in [1.165, 1.54) is 11.3 Å². The molecule has 270 valence electrons. The largest absolute Gasteiger partial charge is 0.508 e. The molecule has 6 bridgehead atoms. The Morgan fingerprint density at radius 1 is 1.10 bits per heavy atom. The molecule has 12 nitrogen and oxygen atoms in total. The minimum atomic E-state index is -0.967. The number of hydrogen-bond acceptors (Lipinski definition) is 9. The number of ether oxygens (including phenoxy) is 1. The average Bonchev–Trinajstić information content (AvgIpc) is 3.41. The van der Waals surface area contributed by atoms with Gasteiger partial charge in [-0.2, -0.15) is 0 Å². The highest BCUT2D eigenvalue weighted by atomic mass is 16.5. The van der Waals surface area contributed by atoms with E-state index in [1.807, 2.05) is 38.4 Å². The molecule has 6 rings (SSSR count). The van der Waals surface area contributed by atoms with E-state index in [1.54, 1.807) is 19.2 Å². The summed E-state index contributed by atoms with van der Waals surface area (Å²) in [4.78, 5) is 49.9. The number of aryl methyl sites for hydroxylation is 1. The Kier molecular flexibility index (Phi) is 10.5. The molecular weight excluding hydrogens is 646 g/mol. The van der Waals surface area contributed by atoms with Crippen molar-refractivity contribution in [3.63, 3.8) is 0 Å². The monoisotopic (exact) mass is 695 g/mol. The summed E-state index contributed by atoms with van der Waals surface area (Å²) in [5.41, 5.74) is 9.03. The number of carbonyl (C=O) groups is 3. The van der Waals surface area contributed by atoms with Gasteiger partial charge in [0, 0.05) is 53.8 Å². The van der Waals surface area contributed by atoms with Crippen LogP contribution in [-0.2, 0) is 38.5 Å². The van der Waals surface area contributed by atoms with E-state index in [0.717, 1.165) is 38.9 Å². The van der Waals surface area contributed by atoms with Crippen LogP contribution in [0.3, 0.4) is 0 Å². The highest BCUT2D eigenvalue weighted by Crippen LogP contribution is 2.40. The number of nitrogens with zero attached hydrogens (tertiary/aromatic N) is 4. The lowest BCUT2D eigenvalue weighted by atomic mass is 9.84. The lowest BCUT2D eigenvalue weighted by Crippen LogP contribution is -2.61. The van der Waals surface area contributed by atoms with Gasteiger partial charge in [0.1, 0.15) is 24.2 Å². The van der Waals surface area contributed by atoms with E-state index in [9.17, 15) is 19.5 Å². The van der Waals surface area contributed by atoms with Crippen molar-refractivity contribution in [2.45, 2.75) is 85.0 Å². The first-order chi connectivity index (χ1) is 24.4. The van der Waals surface area contributed by atoms with Gasteiger partial charge >= 0.3 is 5.97 Å². The average molecular weight is 696 g/mol. The first-order valence-electron chi connectivity index (χ1n) is 17.8. The van der Waals surface area contributed by atoms with Crippen molar-refractivity contribution >= 4 is 28.7 Å². The number of hydrazine groups is 1. The van der Waals surface area contributed by atoms with Crippen molar-refractivity contribution in [3.05, 3.63) is 66.2 Å². The fourth-order valence-electron chi connectivity index (χ4n) is 7.49. The van der Waals surface area contributed by atoms with Crippen LogP contribution in [0, 0.1) is 11.3 Å². The van der Waals surface area contributed by atoms with Crippen molar-refractivity contribution in [3.8, 4) is 28.1 Å². The second kappa shape index (κ2) is 14.8. The van der Waals surface area contributed by atoms with Gasteiger partial charge in [-0.3, -0.25) is 19.4 Å². The molecule has 0 saturated carbocycles. The Morgan fingerprint density at radius 3 is 2.57 bits per heavy atom. The van der Waals surface area contributed by atoms with E-state index in [0.29, 0.717) is 37.9 Å². The van der Waals surface area contributed by atoms with Crippen LogP contribution in [-0.4, -0.2) is 80.8 Å². The van der Waals surface area contributed by atoms with Crippen LogP contribution in [0.5, 0.6) is 5.75 Å². The molecule has 0 radical (unpaired) electrons. The zero-order valence-corrected chi connectivity index (χ0v) is 30.3. The maximum atomic E-state index is 14.2. The maximum Gasteiger partial charge on any atom is 0.324 e. The molecule has 4 heterocycles. The standard InChI is InChI=1S/C39H49N7O5/c1-7-45-33-11-10-25-17-29(33)30(35(45)27-19-41-22-42-20-27)18-39(4,5)21-51-38(50)31-9-8-12-46(44-31)37(49)32(43-36(48)34(40-6)23(2)3)15-24-13-26(25)16-28(47)14-24/h10-11,13-14,16-17,19-20,22-23,31-32,34,40,44,47H,7-9,12,15,18,21H2,1-6H3,(H,43,48)/t31-,32-,34-/m0/s1. The minimum Gasteiger partial charge on any atom is -0.508 e. The molecule has 2 amide bonds. The maximum absolute atomic E-state index is 14.2. The van der Waals surface area contributed by atoms with Gasteiger partial charge in [0.15, 0.2) is 0 Å². The number of aromatic nitrogens is 3. The summed E-state index contributed by atoms with van der Waals surface area (Å²) in [6.45, 7) is 11.4. The van der Waals surface area contributed by atoms with Crippen LogP contribution in [0.1, 0.15) is 58.6 Å². The van der Waals surface area contributed by atoms with Crippen molar-refractivity contribution in [1.29, 1.82) is 0 Å².